The average Bonchev–Trinajstić information content (AvgIpc) is 3.09. The molecule has 2 N–H and O–H groups in total. The summed E-state index contributed by atoms with van der Waals surface area (Å²) < 4.78 is 0. The molecular weight excluding hydrogens is 276 g/mol. The summed E-state index contributed by atoms with van der Waals surface area (Å²) in [5, 5.41) is 2.58. The molecule has 1 aromatic heterocycles. The number of hydrogen-bond acceptors (Lipinski definition) is 5. The molecule has 1 fully saturated rings. The molecule has 1 aliphatic rings. The molecule has 0 atom stereocenters. The largest absolute Gasteiger partial charge is 0.341 e. The van der Waals surface area contributed by atoms with E-state index in [-0.39, 0.29) is 18.4 Å². The van der Waals surface area contributed by atoms with Gasteiger partial charge in [-0.3, -0.25) is 9.59 Å². The van der Waals surface area contributed by atoms with E-state index < -0.39 is 0 Å². The maximum atomic E-state index is 12.2. The van der Waals surface area contributed by atoms with E-state index in [2.05, 4.69) is 4.98 Å². The highest BCUT2D eigenvalue weighted by atomic mass is 32.1. The van der Waals surface area contributed by atoms with Gasteiger partial charge < -0.3 is 15.5 Å². The van der Waals surface area contributed by atoms with Crippen LogP contribution in [0.25, 0.3) is 0 Å². The summed E-state index contributed by atoms with van der Waals surface area (Å²) in [6.45, 7) is 2.24. The number of rotatable bonds is 5. The lowest BCUT2D eigenvalue weighted by molar-refractivity contribution is -0.130. The van der Waals surface area contributed by atoms with Crippen LogP contribution in [0.4, 0.5) is 0 Å². The van der Waals surface area contributed by atoms with E-state index in [0.29, 0.717) is 18.7 Å². The summed E-state index contributed by atoms with van der Waals surface area (Å²) in [7, 11) is 1.64. The number of nitrogens with two attached hydrogens (primary N) is 1. The van der Waals surface area contributed by atoms with Crippen molar-refractivity contribution >= 4 is 23.2 Å². The third kappa shape index (κ3) is 3.55. The van der Waals surface area contributed by atoms with Crippen molar-refractivity contribution in [3.05, 3.63) is 16.1 Å². The minimum atomic E-state index is -0.211. The maximum absolute atomic E-state index is 12.2. The van der Waals surface area contributed by atoms with E-state index in [1.807, 2.05) is 4.90 Å². The topological polar surface area (TPSA) is 79.5 Å². The monoisotopic (exact) mass is 296 g/mol. The van der Waals surface area contributed by atoms with Crippen molar-refractivity contribution in [2.45, 2.75) is 19.3 Å². The first-order valence-corrected chi connectivity index (χ1v) is 7.67. The normalized spacial score (nSPS) is 14.6. The number of nitrogens with zero attached hydrogens (tertiary/aromatic N) is 3. The number of likely N-dealkylation sites (N-methyl/N-ethyl adjacent to an activating group) is 1. The molecule has 0 saturated carbocycles. The molecular formula is C13H20N4O2S. The van der Waals surface area contributed by atoms with E-state index in [1.54, 1.807) is 12.4 Å². The van der Waals surface area contributed by atoms with Crippen LogP contribution in [0.15, 0.2) is 5.38 Å². The Labute approximate surface area is 122 Å². The van der Waals surface area contributed by atoms with Crippen LogP contribution in [0.3, 0.4) is 0 Å². The van der Waals surface area contributed by atoms with Crippen molar-refractivity contribution in [3.8, 4) is 0 Å². The Bertz CT molecular complexity index is 482. The fourth-order valence-electron chi connectivity index (χ4n) is 2.18. The number of hydrogen-bond donors (Lipinski definition) is 1. The van der Waals surface area contributed by atoms with Gasteiger partial charge in [0, 0.05) is 31.9 Å². The van der Waals surface area contributed by atoms with E-state index in [9.17, 15) is 9.59 Å². The Balaban J connectivity index is 1.91. The van der Waals surface area contributed by atoms with Crippen LogP contribution >= 0.6 is 11.3 Å². The quantitative estimate of drug-likeness (QED) is 0.849. The summed E-state index contributed by atoms with van der Waals surface area (Å²) in [6, 6.07) is 0. The van der Waals surface area contributed by atoms with E-state index in [4.69, 9.17) is 5.73 Å². The molecule has 0 aromatic carbocycles. The molecule has 1 aromatic rings. The van der Waals surface area contributed by atoms with Gasteiger partial charge in [0.2, 0.25) is 5.91 Å². The van der Waals surface area contributed by atoms with Gasteiger partial charge in [0.15, 0.2) is 0 Å². The average molecular weight is 296 g/mol. The fourth-order valence-corrected chi connectivity index (χ4v) is 2.97. The number of amides is 2. The molecule has 6 nitrogen and oxygen atoms in total. The first-order chi connectivity index (χ1) is 9.61. The van der Waals surface area contributed by atoms with Crippen LogP contribution in [-0.4, -0.2) is 59.8 Å². The van der Waals surface area contributed by atoms with Crippen molar-refractivity contribution < 1.29 is 9.59 Å². The lowest BCUT2D eigenvalue weighted by Gasteiger charge is -2.20. The van der Waals surface area contributed by atoms with E-state index in [0.717, 1.165) is 30.9 Å². The highest BCUT2D eigenvalue weighted by Gasteiger charge is 2.22. The van der Waals surface area contributed by atoms with E-state index >= 15 is 0 Å². The second kappa shape index (κ2) is 6.81. The van der Waals surface area contributed by atoms with Crippen molar-refractivity contribution in [1.82, 2.24) is 14.8 Å². The molecule has 20 heavy (non-hydrogen) atoms. The van der Waals surface area contributed by atoms with Gasteiger partial charge in [-0.25, -0.2) is 4.98 Å². The van der Waals surface area contributed by atoms with Gasteiger partial charge in [-0.05, 0) is 19.4 Å². The minimum Gasteiger partial charge on any atom is -0.341 e. The molecule has 0 radical (unpaired) electrons. The highest BCUT2D eigenvalue weighted by molar-refractivity contribution is 7.09. The Morgan fingerprint density at radius 1 is 1.45 bits per heavy atom. The Morgan fingerprint density at radius 2 is 2.15 bits per heavy atom. The van der Waals surface area contributed by atoms with Crippen LogP contribution in [0.1, 0.15) is 28.3 Å². The lowest BCUT2D eigenvalue weighted by Crippen LogP contribution is -2.39. The SMILES string of the molecule is CN(CC(=O)N1CCCC1)C(=O)c1csc(CCN)n1. The molecule has 2 rings (SSSR count). The molecule has 0 aliphatic carbocycles. The third-order valence-corrected chi connectivity index (χ3v) is 4.22. The zero-order chi connectivity index (χ0) is 14.5. The molecule has 0 unspecified atom stereocenters. The van der Waals surface area contributed by atoms with Gasteiger partial charge >= 0.3 is 0 Å². The summed E-state index contributed by atoms with van der Waals surface area (Å²) in [5.41, 5.74) is 5.86. The first kappa shape index (κ1) is 14.9. The Kier molecular flexibility index (Phi) is 5.08. The number of carbonyl (C=O) groups excluding carboxylic acids is 2. The maximum Gasteiger partial charge on any atom is 0.273 e. The zero-order valence-electron chi connectivity index (χ0n) is 11.7. The standard InChI is InChI=1S/C13H20N4O2S/c1-16(8-12(18)17-6-2-3-7-17)13(19)10-9-20-11(15-10)4-5-14/h9H,2-8,14H2,1H3. The van der Waals surface area contributed by atoms with E-state index in [1.165, 1.54) is 16.2 Å². The fraction of sp³-hybridized carbons (Fsp3) is 0.615. The number of carbonyl (C=O) groups is 2. The third-order valence-electron chi connectivity index (χ3n) is 3.31. The molecule has 1 saturated heterocycles. The van der Waals surface area contributed by atoms with Gasteiger partial charge in [-0.1, -0.05) is 0 Å². The zero-order valence-corrected chi connectivity index (χ0v) is 12.5. The molecule has 7 heteroatoms. The van der Waals surface area contributed by atoms with Gasteiger partial charge in [-0.15, -0.1) is 11.3 Å². The number of aromatic nitrogens is 1. The smallest absolute Gasteiger partial charge is 0.273 e. The number of likely N-dealkylation sites (tertiary alicyclic amines) is 1. The molecule has 0 bridgehead atoms. The van der Waals surface area contributed by atoms with Crippen LogP contribution in [0.5, 0.6) is 0 Å². The second-order valence-corrected chi connectivity index (χ2v) is 5.86. The molecule has 2 heterocycles. The van der Waals surface area contributed by atoms with Crippen molar-refractivity contribution in [2.75, 3.05) is 33.2 Å². The minimum absolute atomic E-state index is 0.00996. The lowest BCUT2D eigenvalue weighted by atomic mass is 10.3. The van der Waals surface area contributed by atoms with Crippen LogP contribution in [0, 0.1) is 0 Å². The predicted molar refractivity (Wildman–Crippen MR) is 77.6 cm³/mol. The Morgan fingerprint density at radius 3 is 2.80 bits per heavy atom. The number of thiazole rings is 1. The van der Waals surface area contributed by atoms with Gasteiger partial charge in [0.1, 0.15) is 5.69 Å². The van der Waals surface area contributed by atoms with Crippen LogP contribution < -0.4 is 5.73 Å². The van der Waals surface area contributed by atoms with Crippen molar-refractivity contribution in [3.63, 3.8) is 0 Å². The highest BCUT2D eigenvalue weighted by Crippen LogP contribution is 2.12. The van der Waals surface area contributed by atoms with Gasteiger partial charge in [-0.2, -0.15) is 0 Å². The Hall–Kier alpha value is -1.47. The summed E-state index contributed by atoms with van der Waals surface area (Å²) in [6.07, 6.45) is 2.78. The van der Waals surface area contributed by atoms with Crippen LogP contribution in [0.2, 0.25) is 0 Å². The first-order valence-electron chi connectivity index (χ1n) is 6.79. The van der Waals surface area contributed by atoms with Gasteiger partial charge in [0.05, 0.1) is 11.6 Å². The summed E-state index contributed by atoms with van der Waals surface area (Å²) >= 11 is 1.43. The molecule has 1 aliphatic heterocycles. The summed E-state index contributed by atoms with van der Waals surface area (Å²) in [4.78, 5) is 31.7. The predicted octanol–water partition coefficient (Wildman–Crippen LogP) is 0.339. The van der Waals surface area contributed by atoms with Gasteiger partial charge in [0.25, 0.3) is 5.91 Å². The molecule has 2 amide bonds. The second-order valence-electron chi connectivity index (χ2n) is 4.91. The van der Waals surface area contributed by atoms with Crippen LogP contribution in [-0.2, 0) is 11.2 Å². The van der Waals surface area contributed by atoms with Crippen molar-refractivity contribution in [1.29, 1.82) is 0 Å². The molecule has 0 spiro atoms. The summed E-state index contributed by atoms with van der Waals surface area (Å²) in [5.74, 6) is -0.201. The van der Waals surface area contributed by atoms with Crippen molar-refractivity contribution in [2.24, 2.45) is 5.73 Å². The molecule has 110 valence electrons.